The predicted molar refractivity (Wildman–Crippen MR) is 113 cm³/mol. The van der Waals surface area contributed by atoms with Gasteiger partial charge in [-0.2, -0.15) is 10.2 Å². The number of carbonyl (C=O) groups is 2. The number of furan rings is 1. The number of hydrogen-bond donors (Lipinski definition) is 3. The van der Waals surface area contributed by atoms with Gasteiger partial charge >= 0.3 is 0 Å². The molecule has 2 aromatic heterocycles. The zero-order valence-corrected chi connectivity index (χ0v) is 17.4. The summed E-state index contributed by atoms with van der Waals surface area (Å²) in [4.78, 5) is 30.7. The zero-order valence-electron chi connectivity index (χ0n) is 16.7. The molecule has 32 heavy (non-hydrogen) atoms. The van der Waals surface area contributed by atoms with Crippen molar-refractivity contribution in [3.8, 4) is 23.5 Å². The maximum Gasteiger partial charge on any atom is 0.273 e. The maximum absolute atomic E-state index is 12.5. The molecule has 0 unspecified atom stereocenters. The SMILES string of the molecule is N#Cc1nc(-c2ccco2)oc1N1CCC(C(=O)NNC(=O)c2cc(Cl)ccc2O)CC1. The van der Waals surface area contributed by atoms with Crippen LogP contribution in [0.5, 0.6) is 5.75 Å². The van der Waals surface area contributed by atoms with E-state index in [1.807, 2.05) is 11.0 Å². The lowest BCUT2D eigenvalue weighted by atomic mass is 9.96. The molecule has 11 heteroatoms. The number of phenolic OH excluding ortho intramolecular Hbond substituents is 1. The average molecular weight is 456 g/mol. The highest BCUT2D eigenvalue weighted by Gasteiger charge is 2.29. The van der Waals surface area contributed by atoms with Crippen LogP contribution < -0.4 is 15.8 Å². The second-order valence-corrected chi connectivity index (χ2v) is 7.56. The van der Waals surface area contributed by atoms with Gasteiger partial charge in [-0.25, -0.2) is 0 Å². The van der Waals surface area contributed by atoms with Gasteiger partial charge in [0.15, 0.2) is 5.76 Å². The summed E-state index contributed by atoms with van der Waals surface area (Å²) in [7, 11) is 0. The third-order valence-electron chi connectivity index (χ3n) is 5.10. The third kappa shape index (κ3) is 4.38. The summed E-state index contributed by atoms with van der Waals surface area (Å²) in [6.45, 7) is 0.922. The molecule has 0 saturated carbocycles. The van der Waals surface area contributed by atoms with Crippen LogP contribution >= 0.6 is 11.6 Å². The van der Waals surface area contributed by atoms with E-state index >= 15 is 0 Å². The quantitative estimate of drug-likeness (QED) is 0.509. The number of nitrogens with one attached hydrogen (secondary N) is 2. The van der Waals surface area contributed by atoms with Crippen LogP contribution in [0, 0.1) is 17.2 Å². The molecule has 1 aliphatic heterocycles. The number of halogens is 1. The molecule has 3 aromatic rings. The number of aromatic hydroxyl groups is 1. The minimum Gasteiger partial charge on any atom is -0.507 e. The summed E-state index contributed by atoms with van der Waals surface area (Å²) in [5, 5.41) is 19.5. The van der Waals surface area contributed by atoms with Gasteiger partial charge in [0, 0.05) is 24.0 Å². The fourth-order valence-corrected chi connectivity index (χ4v) is 3.60. The number of nitrogens with zero attached hydrogens (tertiary/aromatic N) is 3. The van der Waals surface area contributed by atoms with Crippen LogP contribution in [0.2, 0.25) is 5.02 Å². The highest BCUT2D eigenvalue weighted by molar-refractivity contribution is 6.31. The van der Waals surface area contributed by atoms with Crippen molar-refractivity contribution >= 4 is 29.3 Å². The minimum absolute atomic E-state index is 0.0469. The van der Waals surface area contributed by atoms with E-state index < -0.39 is 5.91 Å². The summed E-state index contributed by atoms with van der Waals surface area (Å²) >= 11 is 5.84. The third-order valence-corrected chi connectivity index (χ3v) is 5.34. The van der Waals surface area contributed by atoms with Gasteiger partial charge in [-0.15, -0.1) is 0 Å². The molecule has 2 amide bonds. The van der Waals surface area contributed by atoms with Crippen molar-refractivity contribution < 1.29 is 23.5 Å². The molecule has 1 saturated heterocycles. The van der Waals surface area contributed by atoms with Gasteiger partial charge in [-0.3, -0.25) is 20.4 Å². The maximum atomic E-state index is 12.5. The van der Waals surface area contributed by atoms with Crippen molar-refractivity contribution in [1.82, 2.24) is 15.8 Å². The fraction of sp³-hybridized carbons (Fsp3) is 0.238. The number of carbonyl (C=O) groups excluding carboxylic acids is 2. The number of hydrogen-bond acceptors (Lipinski definition) is 8. The average Bonchev–Trinajstić information content (AvgIpc) is 3.49. The van der Waals surface area contributed by atoms with E-state index in [0.717, 1.165) is 0 Å². The van der Waals surface area contributed by atoms with E-state index in [1.165, 1.54) is 24.5 Å². The van der Waals surface area contributed by atoms with Crippen LogP contribution in [0.4, 0.5) is 5.88 Å². The van der Waals surface area contributed by atoms with Gasteiger partial charge < -0.3 is 18.8 Å². The van der Waals surface area contributed by atoms with E-state index in [1.54, 1.807) is 12.1 Å². The summed E-state index contributed by atoms with van der Waals surface area (Å²) in [6.07, 6.45) is 2.44. The Balaban J connectivity index is 1.34. The molecule has 1 aliphatic rings. The van der Waals surface area contributed by atoms with E-state index in [-0.39, 0.29) is 39.7 Å². The van der Waals surface area contributed by atoms with Crippen LogP contribution in [0.25, 0.3) is 11.7 Å². The molecule has 1 aromatic carbocycles. The van der Waals surface area contributed by atoms with Gasteiger partial charge in [0.05, 0.1) is 11.8 Å². The smallest absolute Gasteiger partial charge is 0.273 e. The van der Waals surface area contributed by atoms with Crippen molar-refractivity contribution in [3.63, 3.8) is 0 Å². The van der Waals surface area contributed by atoms with Gasteiger partial charge in [0.25, 0.3) is 11.8 Å². The van der Waals surface area contributed by atoms with Gasteiger partial charge in [-0.05, 0) is 43.2 Å². The summed E-state index contributed by atoms with van der Waals surface area (Å²) in [5.41, 5.74) is 4.78. The lowest BCUT2D eigenvalue weighted by Gasteiger charge is -2.30. The Bertz CT molecular complexity index is 1180. The van der Waals surface area contributed by atoms with Gasteiger partial charge in [0.2, 0.25) is 17.5 Å². The van der Waals surface area contributed by atoms with Crippen molar-refractivity contribution in [2.45, 2.75) is 12.8 Å². The number of hydrazine groups is 1. The Hall–Kier alpha value is -3.97. The molecule has 4 rings (SSSR count). The number of piperidine rings is 1. The van der Waals surface area contributed by atoms with Crippen LogP contribution in [-0.4, -0.2) is 35.0 Å². The highest BCUT2D eigenvalue weighted by atomic mass is 35.5. The van der Waals surface area contributed by atoms with Crippen molar-refractivity contribution in [1.29, 1.82) is 5.26 Å². The number of amides is 2. The predicted octanol–water partition coefficient (Wildman–Crippen LogP) is 2.84. The molecular formula is C21H18ClN5O5. The normalized spacial score (nSPS) is 14.1. The molecule has 0 aliphatic carbocycles. The monoisotopic (exact) mass is 455 g/mol. The lowest BCUT2D eigenvalue weighted by molar-refractivity contribution is -0.126. The van der Waals surface area contributed by atoms with Crippen molar-refractivity contribution in [2.24, 2.45) is 5.92 Å². The van der Waals surface area contributed by atoms with E-state index in [9.17, 15) is 20.0 Å². The topological polar surface area (TPSA) is 145 Å². The first-order chi connectivity index (χ1) is 15.5. The molecule has 3 N–H and O–H groups in total. The Morgan fingerprint density at radius 2 is 2.03 bits per heavy atom. The van der Waals surface area contributed by atoms with E-state index in [4.69, 9.17) is 20.4 Å². The summed E-state index contributed by atoms with van der Waals surface area (Å²) in [6, 6.07) is 9.45. The number of phenols is 1. The van der Waals surface area contributed by atoms with Crippen LogP contribution in [-0.2, 0) is 4.79 Å². The second kappa shape index (κ2) is 9.03. The summed E-state index contributed by atoms with van der Waals surface area (Å²) in [5.74, 6) is -0.656. The van der Waals surface area contributed by atoms with Crippen molar-refractivity contribution in [3.05, 3.63) is 52.9 Å². The molecule has 0 bridgehead atoms. The van der Waals surface area contributed by atoms with Crippen LogP contribution in [0.1, 0.15) is 28.9 Å². The number of anilines is 1. The first-order valence-electron chi connectivity index (χ1n) is 9.74. The standard InChI is InChI=1S/C21H18ClN5O5/c22-13-3-4-16(28)14(10-13)19(30)26-25-18(29)12-5-7-27(8-6-12)21-15(11-23)24-20(32-21)17-2-1-9-31-17/h1-4,9-10,12,28H,5-8H2,(H,25,29)(H,26,30). The number of benzene rings is 1. The lowest BCUT2D eigenvalue weighted by Crippen LogP contribution is -2.47. The molecule has 10 nitrogen and oxygen atoms in total. The van der Waals surface area contributed by atoms with E-state index in [2.05, 4.69) is 15.8 Å². The summed E-state index contributed by atoms with van der Waals surface area (Å²) < 4.78 is 11.0. The molecule has 0 radical (unpaired) electrons. The minimum atomic E-state index is -0.679. The first-order valence-corrected chi connectivity index (χ1v) is 10.1. The highest BCUT2D eigenvalue weighted by Crippen LogP contribution is 2.31. The Morgan fingerprint density at radius 3 is 2.72 bits per heavy atom. The molecule has 0 spiro atoms. The first kappa shape index (κ1) is 21.3. The zero-order chi connectivity index (χ0) is 22.7. The Labute approximate surface area is 187 Å². The molecule has 3 heterocycles. The number of nitriles is 1. The number of aromatic nitrogens is 1. The fourth-order valence-electron chi connectivity index (χ4n) is 3.43. The molecule has 1 fully saturated rings. The molecule has 164 valence electrons. The van der Waals surface area contributed by atoms with Gasteiger partial charge in [0.1, 0.15) is 11.8 Å². The molecular weight excluding hydrogens is 438 g/mol. The largest absolute Gasteiger partial charge is 0.507 e. The second-order valence-electron chi connectivity index (χ2n) is 7.13. The number of oxazole rings is 1. The van der Waals surface area contributed by atoms with E-state index in [0.29, 0.717) is 37.6 Å². The number of rotatable bonds is 4. The van der Waals surface area contributed by atoms with Crippen LogP contribution in [0.3, 0.4) is 0 Å². The van der Waals surface area contributed by atoms with Gasteiger partial charge in [-0.1, -0.05) is 11.6 Å². The Kier molecular flexibility index (Phi) is 6.00. The molecule has 0 atom stereocenters. The van der Waals surface area contributed by atoms with Crippen molar-refractivity contribution in [2.75, 3.05) is 18.0 Å². The Morgan fingerprint density at radius 1 is 1.25 bits per heavy atom. The van der Waals surface area contributed by atoms with Crippen LogP contribution in [0.15, 0.2) is 45.4 Å².